The molecule has 0 amide bonds. The van der Waals surface area contributed by atoms with Gasteiger partial charge < -0.3 is 9.73 Å². The summed E-state index contributed by atoms with van der Waals surface area (Å²) < 4.78 is 5.93. The van der Waals surface area contributed by atoms with Crippen molar-refractivity contribution in [2.75, 3.05) is 6.54 Å². The first-order valence-corrected chi connectivity index (χ1v) is 6.96. The van der Waals surface area contributed by atoms with Gasteiger partial charge in [-0.1, -0.05) is 26.7 Å². The largest absolute Gasteiger partial charge is 0.444 e. The maximum absolute atomic E-state index is 5.93. The van der Waals surface area contributed by atoms with Crippen LogP contribution >= 0.6 is 0 Å². The maximum atomic E-state index is 5.93. The van der Waals surface area contributed by atoms with Crippen molar-refractivity contribution < 1.29 is 4.42 Å². The first kappa shape index (κ1) is 12.6. The average molecular weight is 236 g/mol. The molecule has 2 rings (SSSR count). The molecule has 1 saturated carbocycles. The van der Waals surface area contributed by atoms with Crippen molar-refractivity contribution in [2.24, 2.45) is 0 Å². The molecular formula is C14H24N2O. The van der Waals surface area contributed by atoms with Crippen molar-refractivity contribution in [1.29, 1.82) is 0 Å². The van der Waals surface area contributed by atoms with Crippen LogP contribution in [-0.2, 0) is 12.0 Å². The zero-order valence-corrected chi connectivity index (χ0v) is 11.1. The molecule has 0 radical (unpaired) electrons. The summed E-state index contributed by atoms with van der Waals surface area (Å²) in [6.45, 7) is 6.21. The van der Waals surface area contributed by atoms with Gasteiger partial charge in [-0.05, 0) is 32.2 Å². The predicted molar refractivity (Wildman–Crippen MR) is 68.9 cm³/mol. The number of nitrogens with one attached hydrogen (secondary N) is 1. The number of rotatable bonds is 6. The Bertz CT molecular complexity index is 340. The van der Waals surface area contributed by atoms with Gasteiger partial charge in [-0.3, -0.25) is 0 Å². The van der Waals surface area contributed by atoms with Gasteiger partial charge in [0.15, 0.2) is 0 Å². The molecule has 0 aliphatic heterocycles. The van der Waals surface area contributed by atoms with Gasteiger partial charge in [0.1, 0.15) is 5.76 Å². The van der Waals surface area contributed by atoms with Crippen molar-refractivity contribution in [2.45, 2.75) is 64.3 Å². The smallest absolute Gasteiger partial charge is 0.208 e. The summed E-state index contributed by atoms with van der Waals surface area (Å²) in [5, 5.41) is 3.33. The van der Waals surface area contributed by atoms with Crippen LogP contribution in [0.2, 0.25) is 0 Å². The molecule has 96 valence electrons. The standard InChI is InChI=1S/C14H24N2O/c1-3-9-15-11-13-16-10-12(17-13)14(4-2)7-5-6-8-14/h10,15H,3-9,11H2,1-2H3. The number of aromatic nitrogens is 1. The summed E-state index contributed by atoms with van der Waals surface area (Å²) in [4.78, 5) is 4.40. The van der Waals surface area contributed by atoms with Gasteiger partial charge in [-0.2, -0.15) is 0 Å². The van der Waals surface area contributed by atoms with Crippen LogP contribution in [0.3, 0.4) is 0 Å². The highest BCUT2D eigenvalue weighted by Crippen LogP contribution is 2.43. The molecule has 0 unspecified atom stereocenters. The van der Waals surface area contributed by atoms with Crippen LogP contribution in [0.25, 0.3) is 0 Å². The van der Waals surface area contributed by atoms with E-state index in [1.807, 2.05) is 6.20 Å². The number of oxazole rings is 1. The summed E-state index contributed by atoms with van der Waals surface area (Å²) in [5.41, 5.74) is 0.288. The van der Waals surface area contributed by atoms with E-state index < -0.39 is 0 Å². The lowest BCUT2D eigenvalue weighted by Crippen LogP contribution is -2.19. The Morgan fingerprint density at radius 3 is 2.76 bits per heavy atom. The topological polar surface area (TPSA) is 38.1 Å². The minimum atomic E-state index is 0.288. The third-order valence-corrected chi connectivity index (χ3v) is 4.02. The van der Waals surface area contributed by atoms with E-state index in [9.17, 15) is 0 Å². The average Bonchev–Trinajstić information content (AvgIpc) is 2.98. The first-order valence-electron chi connectivity index (χ1n) is 6.96. The van der Waals surface area contributed by atoms with Crippen LogP contribution < -0.4 is 5.32 Å². The highest BCUT2D eigenvalue weighted by Gasteiger charge is 2.37. The third-order valence-electron chi connectivity index (χ3n) is 4.02. The molecule has 0 spiro atoms. The fourth-order valence-electron chi connectivity index (χ4n) is 2.84. The molecule has 1 aliphatic carbocycles. The van der Waals surface area contributed by atoms with Gasteiger partial charge in [-0.15, -0.1) is 0 Å². The number of hydrogen-bond donors (Lipinski definition) is 1. The Labute approximate surface area is 104 Å². The molecule has 1 fully saturated rings. The molecule has 0 atom stereocenters. The van der Waals surface area contributed by atoms with E-state index in [0.717, 1.165) is 31.2 Å². The third kappa shape index (κ3) is 2.71. The molecule has 1 aliphatic rings. The van der Waals surface area contributed by atoms with Crippen molar-refractivity contribution in [1.82, 2.24) is 10.3 Å². The van der Waals surface area contributed by atoms with Crippen LogP contribution in [0.4, 0.5) is 0 Å². The van der Waals surface area contributed by atoms with E-state index in [0.29, 0.717) is 0 Å². The summed E-state index contributed by atoms with van der Waals surface area (Å²) in [6.07, 6.45) is 9.46. The van der Waals surface area contributed by atoms with Crippen molar-refractivity contribution >= 4 is 0 Å². The van der Waals surface area contributed by atoms with E-state index in [1.165, 1.54) is 32.1 Å². The molecule has 0 saturated heterocycles. The Kier molecular flexibility index (Phi) is 4.21. The molecule has 1 N–H and O–H groups in total. The van der Waals surface area contributed by atoms with Gasteiger partial charge in [0.05, 0.1) is 12.7 Å². The van der Waals surface area contributed by atoms with Crippen LogP contribution in [0.5, 0.6) is 0 Å². The fourth-order valence-corrected chi connectivity index (χ4v) is 2.84. The quantitative estimate of drug-likeness (QED) is 0.769. The molecular weight excluding hydrogens is 212 g/mol. The molecule has 3 heteroatoms. The van der Waals surface area contributed by atoms with E-state index in [2.05, 4.69) is 24.1 Å². The number of hydrogen-bond acceptors (Lipinski definition) is 3. The Balaban J connectivity index is 2.01. The minimum absolute atomic E-state index is 0.288. The molecule has 0 bridgehead atoms. The second-order valence-corrected chi connectivity index (χ2v) is 5.14. The number of nitrogens with zero attached hydrogens (tertiary/aromatic N) is 1. The minimum Gasteiger partial charge on any atom is -0.444 e. The normalized spacial score (nSPS) is 18.7. The van der Waals surface area contributed by atoms with Gasteiger partial charge in [0.2, 0.25) is 5.89 Å². The lowest BCUT2D eigenvalue weighted by Gasteiger charge is -2.23. The summed E-state index contributed by atoms with van der Waals surface area (Å²) in [7, 11) is 0. The van der Waals surface area contributed by atoms with E-state index in [-0.39, 0.29) is 5.41 Å². The monoisotopic (exact) mass is 236 g/mol. The molecule has 1 aromatic rings. The second-order valence-electron chi connectivity index (χ2n) is 5.14. The first-order chi connectivity index (χ1) is 8.30. The molecule has 17 heavy (non-hydrogen) atoms. The lowest BCUT2D eigenvalue weighted by atomic mass is 9.81. The Hall–Kier alpha value is -0.830. The fraction of sp³-hybridized carbons (Fsp3) is 0.786. The zero-order chi connectivity index (χ0) is 12.1. The summed E-state index contributed by atoms with van der Waals surface area (Å²) in [5.74, 6) is 1.96. The van der Waals surface area contributed by atoms with Crippen LogP contribution in [0.1, 0.15) is 64.0 Å². The lowest BCUT2D eigenvalue weighted by molar-refractivity contribution is 0.313. The van der Waals surface area contributed by atoms with Gasteiger partial charge in [-0.25, -0.2) is 4.98 Å². The zero-order valence-electron chi connectivity index (χ0n) is 11.1. The van der Waals surface area contributed by atoms with Gasteiger partial charge in [0.25, 0.3) is 0 Å². The van der Waals surface area contributed by atoms with Crippen molar-refractivity contribution in [3.05, 3.63) is 17.8 Å². The highest BCUT2D eigenvalue weighted by atomic mass is 16.4. The van der Waals surface area contributed by atoms with Gasteiger partial charge in [0, 0.05) is 5.41 Å². The Morgan fingerprint density at radius 2 is 2.12 bits per heavy atom. The van der Waals surface area contributed by atoms with E-state index >= 15 is 0 Å². The predicted octanol–water partition coefficient (Wildman–Crippen LogP) is 3.40. The van der Waals surface area contributed by atoms with Crippen molar-refractivity contribution in [3.63, 3.8) is 0 Å². The molecule has 3 nitrogen and oxygen atoms in total. The molecule has 1 aromatic heterocycles. The second kappa shape index (κ2) is 5.67. The highest BCUT2D eigenvalue weighted by molar-refractivity contribution is 5.13. The van der Waals surface area contributed by atoms with Crippen LogP contribution in [-0.4, -0.2) is 11.5 Å². The molecule has 0 aromatic carbocycles. The van der Waals surface area contributed by atoms with Crippen LogP contribution in [0.15, 0.2) is 10.6 Å². The van der Waals surface area contributed by atoms with Crippen molar-refractivity contribution in [3.8, 4) is 0 Å². The Morgan fingerprint density at radius 1 is 1.35 bits per heavy atom. The molecule has 1 heterocycles. The van der Waals surface area contributed by atoms with Gasteiger partial charge >= 0.3 is 0 Å². The maximum Gasteiger partial charge on any atom is 0.208 e. The SMILES string of the molecule is CCCNCc1ncc(C2(CC)CCCC2)o1. The van der Waals surface area contributed by atoms with E-state index in [4.69, 9.17) is 4.42 Å². The summed E-state index contributed by atoms with van der Waals surface area (Å²) in [6, 6.07) is 0. The summed E-state index contributed by atoms with van der Waals surface area (Å²) >= 11 is 0. The van der Waals surface area contributed by atoms with Crippen LogP contribution in [0, 0.1) is 0 Å². The van der Waals surface area contributed by atoms with E-state index in [1.54, 1.807) is 0 Å².